The molecule has 0 atom stereocenters. The lowest BCUT2D eigenvalue weighted by Gasteiger charge is -2.10. The van der Waals surface area contributed by atoms with Crippen molar-refractivity contribution in [3.05, 3.63) is 71.5 Å². The SMILES string of the molecule is CCOC(=O)c1cc(NC(=O)c2cn(-c3ccccc3)nn2)cc(C(=O)OCC)c1. The van der Waals surface area contributed by atoms with Crippen molar-refractivity contribution in [1.82, 2.24) is 15.0 Å². The normalized spacial score (nSPS) is 10.3. The first-order chi connectivity index (χ1) is 14.5. The lowest BCUT2D eigenvalue weighted by atomic mass is 10.1. The van der Waals surface area contributed by atoms with Crippen molar-refractivity contribution in [2.45, 2.75) is 13.8 Å². The summed E-state index contributed by atoms with van der Waals surface area (Å²) in [4.78, 5) is 36.9. The summed E-state index contributed by atoms with van der Waals surface area (Å²) in [5, 5.41) is 10.5. The Morgan fingerprint density at radius 1 is 0.933 bits per heavy atom. The van der Waals surface area contributed by atoms with Crippen LogP contribution < -0.4 is 5.32 Å². The molecule has 1 aromatic heterocycles. The van der Waals surface area contributed by atoms with Gasteiger partial charge < -0.3 is 14.8 Å². The zero-order valence-electron chi connectivity index (χ0n) is 16.5. The molecule has 3 rings (SSSR count). The molecule has 9 heteroatoms. The molecule has 0 saturated carbocycles. The summed E-state index contributed by atoms with van der Waals surface area (Å²) in [5.41, 5.74) is 1.27. The van der Waals surface area contributed by atoms with Crippen LogP contribution in [0.5, 0.6) is 0 Å². The molecule has 30 heavy (non-hydrogen) atoms. The number of carbonyl (C=O) groups excluding carboxylic acids is 3. The highest BCUT2D eigenvalue weighted by Gasteiger charge is 2.17. The first kappa shape index (κ1) is 20.7. The number of aromatic nitrogens is 3. The third-order valence-corrected chi connectivity index (χ3v) is 3.96. The molecule has 1 N–H and O–H groups in total. The maximum Gasteiger partial charge on any atom is 0.338 e. The highest BCUT2D eigenvalue weighted by molar-refractivity contribution is 6.04. The number of hydrogen-bond acceptors (Lipinski definition) is 7. The maximum atomic E-state index is 12.6. The summed E-state index contributed by atoms with van der Waals surface area (Å²) in [7, 11) is 0. The molecule has 0 aliphatic heterocycles. The number of hydrogen-bond donors (Lipinski definition) is 1. The number of para-hydroxylation sites is 1. The molecular weight excluding hydrogens is 388 g/mol. The Bertz CT molecular complexity index is 1030. The Morgan fingerprint density at radius 3 is 2.10 bits per heavy atom. The molecule has 0 unspecified atom stereocenters. The Hall–Kier alpha value is -4.01. The van der Waals surface area contributed by atoms with E-state index in [0.29, 0.717) is 0 Å². The average molecular weight is 408 g/mol. The van der Waals surface area contributed by atoms with E-state index >= 15 is 0 Å². The van der Waals surface area contributed by atoms with Crippen LogP contribution in [0.2, 0.25) is 0 Å². The van der Waals surface area contributed by atoms with E-state index in [2.05, 4.69) is 15.6 Å². The van der Waals surface area contributed by atoms with Crippen LogP contribution in [0.1, 0.15) is 45.1 Å². The van der Waals surface area contributed by atoms with Gasteiger partial charge in [-0.2, -0.15) is 0 Å². The number of benzene rings is 2. The van der Waals surface area contributed by atoms with Crippen molar-refractivity contribution < 1.29 is 23.9 Å². The first-order valence-electron chi connectivity index (χ1n) is 9.30. The number of rotatable bonds is 7. The van der Waals surface area contributed by atoms with Crippen LogP contribution in [0.25, 0.3) is 5.69 Å². The lowest BCUT2D eigenvalue weighted by molar-refractivity contribution is 0.0525. The minimum atomic E-state index is -0.617. The zero-order valence-corrected chi connectivity index (χ0v) is 16.5. The molecule has 2 aromatic carbocycles. The van der Waals surface area contributed by atoms with Gasteiger partial charge in [-0.3, -0.25) is 4.79 Å². The van der Waals surface area contributed by atoms with Crippen molar-refractivity contribution >= 4 is 23.5 Å². The fourth-order valence-electron chi connectivity index (χ4n) is 2.63. The topological polar surface area (TPSA) is 112 Å². The van der Waals surface area contributed by atoms with Crippen molar-refractivity contribution in [3.8, 4) is 5.69 Å². The van der Waals surface area contributed by atoms with Gasteiger partial charge in [-0.05, 0) is 44.2 Å². The molecule has 9 nitrogen and oxygen atoms in total. The molecule has 0 bridgehead atoms. The lowest BCUT2D eigenvalue weighted by Crippen LogP contribution is -2.15. The summed E-state index contributed by atoms with van der Waals surface area (Å²) in [6, 6.07) is 13.4. The molecule has 0 aliphatic carbocycles. The number of nitrogens with one attached hydrogen (secondary N) is 1. The van der Waals surface area contributed by atoms with Gasteiger partial charge in [0.25, 0.3) is 5.91 Å². The highest BCUT2D eigenvalue weighted by Crippen LogP contribution is 2.18. The van der Waals surface area contributed by atoms with Crippen LogP contribution in [0.3, 0.4) is 0 Å². The second kappa shape index (κ2) is 9.46. The summed E-state index contributed by atoms with van der Waals surface area (Å²) in [5.74, 6) is -1.78. The van der Waals surface area contributed by atoms with E-state index in [0.717, 1.165) is 5.69 Å². The number of esters is 2. The van der Waals surface area contributed by atoms with Gasteiger partial charge >= 0.3 is 11.9 Å². The van der Waals surface area contributed by atoms with Gasteiger partial charge in [-0.1, -0.05) is 23.4 Å². The van der Waals surface area contributed by atoms with Crippen molar-refractivity contribution in [1.29, 1.82) is 0 Å². The largest absolute Gasteiger partial charge is 0.462 e. The van der Waals surface area contributed by atoms with Gasteiger partial charge in [0.2, 0.25) is 0 Å². The average Bonchev–Trinajstić information content (AvgIpc) is 3.25. The molecular formula is C21H20N4O5. The molecule has 154 valence electrons. The Morgan fingerprint density at radius 2 is 1.53 bits per heavy atom. The molecule has 1 heterocycles. The van der Waals surface area contributed by atoms with E-state index in [1.807, 2.05) is 30.3 Å². The second-order valence-corrected chi connectivity index (χ2v) is 6.08. The Balaban J connectivity index is 1.85. The number of nitrogens with zero attached hydrogens (tertiary/aromatic N) is 3. The van der Waals surface area contributed by atoms with E-state index in [1.165, 1.54) is 29.1 Å². The van der Waals surface area contributed by atoms with E-state index in [4.69, 9.17) is 9.47 Å². The van der Waals surface area contributed by atoms with Crippen LogP contribution >= 0.6 is 0 Å². The van der Waals surface area contributed by atoms with Gasteiger partial charge in [0.05, 0.1) is 36.2 Å². The minimum absolute atomic E-state index is 0.0677. The molecule has 0 spiro atoms. The molecule has 3 aromatic rings. The van der Waals surface area contributed by atoms with Crippen LogP contribution in [-0.4, -0.2) is 46.1 Å². The van der Waals surface area contributed by atoms with E-state index < -0.39 is 17.8 Å². The van der Waals surface area contributed by atoms with Crippen LogP contribution in [0.15, 0.2) is 54.7 Å². The number of ether oxygens (including phenoxy) is 2. The number of amides is 1. The van der Waals surface area contributed by atoms with Gasteiger partial charge in [-0.25, -0.2) is 14.3 Å². The minimum Gasteiger partial charge on any atom is -0.462 e. The maximum absolute atomic E-state index is 12.6. The fourth-order valence-corrected chi connectivity index (χ4v) is 2.63. The van der Waals surface area contributed by atoms with Crippen LogP contribution in [-0.2, 0) is 9.47 Å². The second-order valence-electron chi connectivity index (χ2n) is 6.08. The molecule has 0 aliphatic rings. The summed E-state index contributed by atoms with van der Waals surface area (Å²) in [6.45, 7) is 3.69. The monoisotopic (exact) mass is 408 g/mol. The number of carbonyl (C=O) groups is 3. The zero-order chi connectivity index (χ0) is 21.5. The van der Waals surface area contributed by atoms with Crippen LogP contribution in [0, 0.1) is 0 Å². The standard InChI is InChI=1S/C21H20N4O5/c1-3-29-20(27)14-10-15(21(28)30-4-2)12-16(11-14)22-19(26)18-13-25(24-23-18)17-8-6-5-7-9-17/h5-13H,3-4H2,1-2H3,(H,22,26). The molecule has 0 saturated heterocycles. The molecule has 1 amide bonds. The summed E-state index contributed by atoms with van der Waals surface area (Å²) in [6.07, 6.45) is 1.48. The quantitative estimate of drug-likeness (QED) is 0.598. The van der Waals surface area contributed by atoms with Crippen molar-refractivity contribution in [3.63, 3.8) is 0 Å². The summed E-state index contributed by atoms with van der Waals surface area (Å²) < 4.78 is 11.4. The number of anilines is 1. The fraction of sp³-hybridized carbons (Fsp3) is 0.190. The Labute approximate surface area is 172 Å². The predicted molar refractivity (Wildman–Crippen MR) is 108 cm³/mol. The van der Waals surface area contributed by atoms with E-state index in [1.54, 1.807) is 13.8 Å². The van der Waals surface area contributed by atoms with Crippen LogP contribution in [0.4, 0.5) is 5.69 Å². The predicted octanol–water partition coefficient (Wildman–Crippen LogP) is 2.87. The van der Waals surface area contributed by atoms with E-state index in [9.17, 15) is 14.4 Å². The third-order valence-electron chi connectivity index (χ3n) is 3.96. The first-order valence-corrected chi connectivity index (χ1v) is 9.30. The summed E-state index contributed by atoms with van der Waals surface area (Å²) >= 11 is 0. The van der Waals surface area contributed by atoms with Gasteiger partial charge in [-0.15, -0.1) is 5.10 Å². The third kappa shape index (κ3) is 4.88. The smallest absolute Gasteiger partial charge is 0.338 e. The van der Waals surface area contributed by atoms with Gasteiger partial charge in [0.15, 0.2) is 5.69 Å². The van der Waals surface area contributed by atoms with E-state index in [-0.39, 0.29) is 35.7 Å². The van der Waals surface area contributed by atoms with Crippen molar-refractivity contribution in [2.24, 2.45) is 0 Å². The molecule has 0 radical (unpaired) electrons. The Kier molecular flexibility index (Phi) is 6.53. The van der Waals surface area contributed by atoms with Gasteiger partial charge in [0, 0.05) is 5.69 Å². The van der Waals surface area contributed by atoms with Gasteiger partial charge in [0.1, 0.15) is 0 Å². The van der Waals surface area contributed by atoms with Crippen molar-refractivity contribution in [2.75, 3.05) is 18.5 Å². The highest BCUT2D eigenvalue weighted by atomic mass is 16.5. The molecule has 0 fully saturated rings.